The van der Waals surface area contributed by atoms with Crippen molar-refractivity contribution in [1.82, 2.24) is 0 Å². The molecule has 0 N–H and O–H groups in total. The van der Waals surface area contributed by atoms with E-state index in [1.165, 1.54) is 12.8 Å². The van der Waals surface area contributed by atoms with Crippen LogP contribution >= 0.6 is 0 Å². The second kappa shape index (κ2) is 5.87. The summed E-state index contributed by atoms with van der Waals surface area (Å²) in [6.07, 6.45) is 7.98. The highest BCUT2D eigenvalue weighted by Gasteiger charge is 1.96. The predicted octanol–water partition coefficient (Wildman–Crippen LogP) is 3.20. The molecule has 0 saturated carbocycles. The highest BCUT2D eigenvalue weighted by Crippen LogP contribution is 2.09. The molecule has 0 rings (SSSR count). The van der Waals surface area contributed by atoms with Crippen LogP contribution in [0, 0.1) is 12.3 Å². The molecule has 53 valence electrons. The summed E-state index contributed by atoms with van der Waals surface area (Å²) in [6, 6.07) is 0. The van der Waals surface area contributed by atoms with Crippen molar-refractivity contribution in [3.63, 3.8) is 0 Å². The van der Waals surface area contributed by atoms with Crippen molar-refractivity contribution in [1.29, 1.82) is 0 Å². The van der Waals surface area contributed by atoms with Gasteiger partial charge >= 0.3 is 0 Å². The van der Waals surface area contributed by atoms with Crippen LogP contribution in [0.4, 0.5) is 0 Å². The van der Waals surface area contributed by atoms with Gasteiger partial charge in [0.1, 0.15) is 0 Å². The van der Waals surface area contributed by atoms with Gasteiger partial charge in [-0.2, -0.15) is 0 Å². The average Bonchev–Trinajstić information content (AvgIpc) is 1.85. The summed E-state index contributed by atoms with van der Waals surface area (Å²) in [7, 11) is 0. The van der Waals surface area contributed by atoms with Gasteiger partial charge in [0.25, 0.3) is 0 Å². The topological polar surface area (TPSA) is 0 Å². The van der Waals surface area contributed by atoms with Gasteiger partial charge in [-0.3, -0.25) is 0 Å². The summed E-state index contributed by atoms with van der Waals surface area (Å²) in [5.74, 6) is 0.724. The maximum atomic E-state index is 3.69. The molecule has 1 unspecified atom stereocenters. The highest BCUT2D eigenvalue weighted by molar-refractivity contribution is 4.79. The van der Waals surface area contributed by atoms with Crippen LogP contribution < -0.4 is 0 Å². The van der Waals surface area contributed by atoms with Crippen molar-refractivity contribution in [2.75, 3.05) is 0 Å². The van der Waals surface area contributed by atoms with Crippen LogP contribution in [0.2, 0.25) is 0 Å². The van der Waals surface area contributed by atoms with Gasteiger partial charge in [-0.05, 0) is 18.8 Å². The quantitative estimate of drug-likeness (QED) is 0.495. The molecular weight excluding hydrogens is 108 g/mol. The SMILES string of the molecule is C=CCC(C)[CH]CCC. The van der Waals surface area contributed by atoms with Crippen molar-refractivity contribution in [2.24, 2.45) is 5.92 Å². The Bertz CT molecular complexity index is 64.4. The van der Waals surface area contributed by atoms with Gasteiger partial charge in [-0.25, -0.2) is 0 Å². The van der Waals surface area contributed by atoms with Crippen molar-refractivity contribution in [2.45, 2.75) is 33.1 Å². The van der Waals surface area contributed by atoms with Crippen LogP contribution in [0.25, 0.3) is 0 Å². The Hall–Kier alpha value is -0.260. The molecule has 1 radical (unpaired) electrons. The lowest BCUT2D eigenvalue weighted by Crippen LogP contribution is -1.92. The zero-order chi connectivity index (χ0) is 7.11. The van der Waals surface area contributed by atoms with E-state index in [0.29, 0.717) is 0 Å². The zero-order valence-electron chi connectivity index (χ0n) is 6.56. The Morgan fingerprint density at radius 3 is 2.67 bits per heavy atom. The van der Waals surface area contributed by atoms with E-state index >= 15 is 0 Å². The van der Waals surface area contributed by atoms with Gasteiger partial charge in [0.2, 0.25) is 0 Å². The van der Waals surface area contributed by atoms with E-state index in [1.807, 2.05) is 6.08 Å². The van der Waals surface area contributed by atoms with Gasteiger partial charge in [0, 0.05) is 0 Å². The van der Waals surface area contributed by atoms with Gasteiger partial charge in [0.15, 0.2) is 0 Å². The first-order valence-corrected chi connectivity index (χ1v) is 3.75. The molecular formula is C9H17. The number of allylic oxidation sites excluding steroid dienone is 1. The first kappa shape index (κ1) is 8.74. The second-order valence-electron chi connectivity index (χ2n) is 2.53. The summed E-state index contributed by atoms with van der Waals surface area (Å²) < 4.78 is 0. The largest absolute Gasteiger partial charge is 0.103 e. The minimum atomic E-state index is 0.724. The smallest absolute Gasteiger partial charge is 0.0325 e. The fraction of sp³-hybridized carbons (Fsp3) is 0.667. The van der Waals surface area contributed by atoms with Gasteiger partial charge in [-0.15, -0.1) is 6.58 Å². The maximum Gasteiger partial charge on any atom is -0.0325 e. The first-order valence-electron chi connectivity index (χ1n) is 3.75. The minimum Gasteiger partial charge on any atom is -0.103 e. The van der Waals surface area contributed by atoms with Crippen LogP contribution in [0.3, 0.4) is 0 Å². The molecule has 0 heterocycles. The molecule has 0 nitrogen and oxygen atoms in total. The third kappa shape index (κ3) is 5.61. The lowest BCUT2D eigenvalue weighted by atomic mass is 10.0. The molecule has 0 saturated heterocycles. The first-order chi connectivity index (χ1) is 4.31. The van der Waals surface area contributed by atoms with E-state index in [4.69, 9.17) is 0 Å². The lowest BCUT2D eigenvalue weighted by molar-refractivity contribution is 0.640. The van der Waals surface area contributed by atoms with Crippen molar-refractivity contribution in [3.8, 4) is 0 Å². The molecule has 0 aromatic carbocycles. The number of rotatable bonds is 5. The molecule has 0 aliphatic rings. The van der Waals surface area contributed by atoms with Crippen LogP contribution in [-0.4, -0.2) is 0 Å². The van der Waals surface area contributed by atoms with Crippen LogP contribution in [0.5, 0.6) is 0 Å². The molecule has 0 amide bonds. The fourth-order valence-electron chi connectivity index (χ4n) is 0.810. The fourth-order valence-corrected chi connectivity index (χ4v) is 0.810. The second-order valence-corrected chi connectivity index (χ2v) is 2.53. The Kier molecular flexibility index (Phi) is 5.70. The van der Waals surface area contributed by atoms with Crippen LogP contribution in [0.15, 0.2) is 12.7 Å². The third-order valence-corrected chi connectivity index (χ3v) is 1.40. The Morgan fingerprint density at radius 1 is 1.56 bits per heavy atom. The summed E-state index contributed by atoms with van der Waals surface area (Å²) in [5, 5.41) is 0. The summed E-state index contributed by atoms with van der Waals surface area (Å²) in [4.78, 5) is 0. The normalized spacial score (nSPS) is 13.1. The molecule has 0 heteroatoms. The standard InChI is InChI=1S/C9H17/c1-4-6-8-9(3)7-5-2/h5,8-9H,2,4,6-7H2,1,3H3. The molecule has 0 aliphatic carbocycles. The predicted molar refractivity (Wildman–Crippen MR) is 43.2 cm³/mol. The molecule has 0 fully saturated rings. The van der Waals surface area contributed by atoms with Gasteiger partial charge in [-0.1, -0.05) is 32.8 Å². The molecule has 0 aromatic heterocycles. The van der Waals surface area contributed by atoms with Gasteiger partial charge in [0.05, 0.1) is 0 Å². The van der Waals surface area contributed by atoms with E-state index in [9.17, 15) is 0 Å². The highest BCUT2D eigenvalue weighted by atomic mass is 14.0. The van der Waals surface area contributed by atoms with E-state index in [0.717, 1.165) is 12.3 Å². The molecule has 0 spiro atoms. The van der Waals surface area contributed by atoms with Crippen molar-refractivity contribution >= 4 is 0 Å². The molecule has 0 aliphatic heterocycles. The van der Waals surface area contributed by atoms with Crippen molar-refractivity contribution in [3.05, 3.63) is 19.1 Å². The number of hydrogen-bond donors (Lipinski definition) is 0. The Labute approximate surface area is 59.0 Å². The van der Waals surface area contributed by atoms with Gasteiger partial charge < -0.3 is 0 Å². The van der Waals surface area contributed by atoms with Crippen LogP contribution in [-0.2, 0) is 0 Å². The van der Waals surface area contributed by atoms with Crippen LogP contribution in [0.1, 0.15) is 33.1 Å². The number of unbranched alkanes of at least 4 members (excludes halogenated alkanes) is 1. The zero-order valence-corrected chi connectivity index (χ0v) is 6.56. The third-order valence-electron chi connectivity index (χ3n) is 1.40. The summed E-state index contributed by atoms with van der Waals surface area (Å²) >= 11 is 0. The molecule has 1 atom stereocenters. The lowest BCUT2D eigenvalue weighted by Gasteiger charge is -2.04. The summed E-state index contributed by atoms with van der Waals surface area (Å²) in [6.45, 7) is 8.13. The minimum absolute atomic E-state index is 0.724. The molecule has 0 bridgehead atoms. The van der Waals surface area contributed by atoms with E-state index < -0.39 is 0 Å². The van der Waals surface area contributed by atoms with Crippen molar-refractivity contribution < 1.29 is 0 Å². The molecule has 0 aromatic rings. The maximum absolute atomic E-state index is 3.69. The Morgan fingerprint density at radius 2 is 2.22 bits per heavy atom. The molecule has 9 heavy (non-hydrogen) atoms. The average molecular weight is 125 g/mol. The Balaban J connectivity index is 3.04. The van der Waals surface area contributed by atoms with E-state index in [2.05, 4.69) is 26.8 Å². The monoisotopic (exact) mass is 125 g/mol. The van der Waals surface area contributed by atoms with E-state index in [1.54, 1.807) is 0 Å². The summed E-state index contributed by atoms with van der Waals surface area (Å²) in [5.41, 5.74) is 0. The number of hydrogen-bond acceptors (Lipinski definition) is 0. The van der Waals surface area contributed by atoms with E-state index in [-0.39, 0.29) is 0 Å².